The standard InChI is InChI=1S/C19H27N3O5S/c1-21-8-4-5-16(21)17(22-9-11-27-12-10-22)14-20-28(23,24)15-6-7-18(25-2)19(13-15)26-3/h4-8,13,17,20H,9-12,14H2,1-3H3/t17-/m1/s1. The van der Waals surface area contributed by atoms with Crippen LogP contribution in [0, 0.1) is 0 Å². The van der Waals surface area contributed by atoms with Crippen LogP contribution in [0.1, 0.15) is 11.7 Å². The first-order valence-electron chi connectivity index (χ1n) is 9.11. The van der Waals surface area contributed by atoms with E-state index in [4.69, 9.17) is 14.2 Å². The van der Waals surface area contributed by atoms with Crippen LogP contribution in [0.15, 0.2) is 41.4 Å². The second-order valence-corrected chi connectivity index (χ2v) is 8.34. The number of aryl methyl sites for hydroxylation is 1. The Morgan fingerprint density at radius 2 is 1.86 bits per heavy atom. The maximum Gasteiger partial charge on any atom is 0.240 e. The zero-order chi connectivity index (χ0) is 20.1. The van der Waals surface area contributed by atoms with E-state index in [1.54, 1.807) is 6.07 Å². The number of hydrogen-bond acceptors (Lipinski definition) is 6. The quantitative estimate of drug-likeness (QED) is 0.710. The first-order valence-corrected chi connectivity index (χ1v) is 10.6. The van der Waals surface area contributed by atoms with Crippen LogP contribution in [0.25, 0.3) is 0 Å². The Bertz CT molecular complexity index is 891. The van der Waals surface area contributed by atoms with Crippen LogP contribution in [0.2, 0.25) is 0 Å². The minimum Gasteiger partial charge on any atom is -0.493 e. The predicted octanol–water partition coefficient (Wildman–Crippen LogP) is 1.39. The summed E-state index contributed by atoms with van der Waals surface area (Å²) in [5, 5.41) is 0. The summed E-state index contributed by atoms with van der Waals surface area (Å²) in [4.78, 5) is 2.38. The number of sulfonamides is 1. The summed E-state index contributed by atoms with van der Waals surface area (Å²) in [6.45, 7) is 3.06. The average Bonchev–Trinajstić information content (AvgIpc) is 3.14. The molecule has 9 heteroatoms. The van der Waals surface area contributed by atoms with Gasteiger partial charge < -0.3 is 18.8 Å². The van der Waals surface area contributed by atoms with E-state index in [0.717, 1.165) is 18.8 Å². The van der Waals surface area contributed by atoms with Gasteiger partial charge in [-0.1, -0.05) is 0 Å². The fourth-order valence-electron chi connectivity index (χ4n) is 3.39. The lowest BCUT2D eigenvalue weighted by molar-refractivity contribution is 0.0158. The number of nitrogens with one attached hydrogen (secondary N) is 1. The molecule has 0 amide bonds. The van der Waals surface area contributed by atoms with Crippen molar-refractivity contribution in [2.45, 2.75) is 10.9 Å². The van der Waals surface area contributed by atoms with E-state index in [-0.39, 0.29) is 17.5 Å². The lowest BCUT2D eigenvalue weighted by Crippen LogP contribution is -2.44. The molecule has 3 rings (SSSR count). The van der Waals surface area contributed by atoms with Crippen molar-refractivity contribution in [3.8, 4) is 11.5 Å². The van der Waals surface area contributed by atoms with Crippen LogP contribution in [-0.4, -0.2) is 65.0 Å². The van der Waals surface area contributed by atoms with E-state index < -0.39 is 10.0 Å². The topological polar surface area (TPSA) is 82.0 Å². The number of benzene rings is 1. The number of ether oxygens (including phenoxy) is 3. The first-order chi connectivity index (χ1) is 13.5. The zero-order valence-corrected chi connectivity index (χ0v) is 17.2. The van der Waals surface area contributed by atoms with Crippen LogP contribution in [-0.2, 0) is 21.8 Å². The van der Waals surface area contributed by atoms with Gasteiger partial charge >= 0.3 is 0 Å². The van der Waals surface area contributed by atoms with Gasteiger partial charge in [0.25, 0.3) is 0 Å². The van der Waals surface area contributed by atoms with Gasteiger partial charge in [0.15, 0.2) is 11.5 Å². The largest absolute Gasteiger partial charge is 0.493 e. The molecule has 2 aromatic rings. The van der Waals surface area contributed by atoms with Crippen LogP contribution in [0.3, 0.4) is 0 Å². The van der Waals surface area contributed by atoms with Gasteiger partial charge in [0.05, 0.1) is 38.4 Å². The Labute approximate surface area is 166 Å². The smallest absolute Gasteiger partial charge is 0.240 e. The Hall–Kier alpha value is -2.07. The highest BCUT2D eigenvalue weighted by Gasteiger charge is 2.27. The van der Waals surface area contributed by atoms with Crippen molar-refractivity contribution in [3.63, 3.8) is 0 Å². The van der Waals surface area contributed by atoms with Crippen molar-refractivity contribution in [3.05, 3.63) is 42.2 Å². The number of hydrogen-bond donors (Lipinski definition) is 1. The van der Waals surface area contributed by atoms with Gasteiger partial charge in [-0.05, 0) is 24.3 Å². The van der Waals surface area contributed by atoms with Crippen molar-refractivity contribution < 1.29 is 22.6 Å². The zero-order valence-electron chi connectivity index (χ0n) is 16.4. The second kappa shape index (κ2) is 8.95. The highest BCUT2D eigenvalue weighted by Crippen LogP contribution is 2.29. The van der Waals surface area contributed by atoms with E-state index in [1.807, 2.05) is 29.9 Å². The molecule has 0 saturated carbocycles. The van der Waals surface area contributed by atoms with Crippen molar-refractivity contribution in [1.82, 2.24) is 14.2 Å². The van der Waals surface area contributed by atoms with Gasteiger partial charge in [-0.25, -0.2) is 13.1 Å². The summed E-state index contributed by atoms with van der Waals surface area (Å²) in [5.74, 6) is 0.856. The van der Waals surface area contributed by atoms with Crippen molar-refractivity contribution in [1.29, 1.82) is 0 Å². The maximum absolute atomic E-state index is 12.9. The van der Waals surface area contributed by atoms with E-state index >= 15 is 0 Å². The molecule has 0 aliphatic carbocycles. The van der Waals surface area contributed by atoms with E-state index in [1.165, 1.54) is 26.4 Å². The Kier molecular flexibility index (Phi) is 6.61. The van der Waals surface area contributed by atoms with Gasteiger partial charge in [0.2, 0.25) is 10.0 Å². The molecule has 0 spiro atoms. The number of methoxy groups -OCH3 is 2. The molecular weight excluding hydrogens is 382 g/mol. The van der Waals surface area contributed by atoms with Crippen LogP contribution in [0.5, 0.6) is 11.5 Å². The Morgan fingerprint density at radius 3 is 2.46 bits per heavy atom. The summed E-state index contributed by atoms with van der Waals surface area (Å²) < 4.78 is 46.4. The summed E-state index contributed by atoms with van der Waals surface area (Å²) in [5.41, 5.74) is 1.05. The molecule has 8 nitrogen and oxygen atoms in total. The number of nitrogens with zero attached hydrogens (tertiary/aromatic N) is 2. The highest BCUT2D eigenvalue weighted by molar-refractivity contribution is 7.89. The van der Waals surface area contributed by atoms with Gasteiger partial charge in [0, 0.05) is 44.6 Å². The minimum absolute atomic E-state index is 0.0844. The summed E-state index contributed by atoms with van der Waals surface area (Å²) in [6.07, 6.45) is 1.96. The number of aromatic nitrogens is 1. The first kappa shape index (κ1) is 20.7. The third kappa shape index (κ3) is 4.49. The van der Waals surface area contributed by atoms with Gasteiger partial charge in [0.1, 0.15) is 0 Å². The van der Waals surface area contributed by atoms with Crippen molar-refractivity contribution >= 4 is 10.0 Å². The summed E-state index contributed by atoms with van der Waals surface area (Å²) in [6, 6.07) is 8.46. The van der Waals surface area contributed by atoms with Crippen LogP contribution < -0.4 is 14.2 Å². The van der Waals surface area contributed by atoms with E-state index in [0.29, 0.717) is 24.7 Å². The number of rotatable bonds is 8. The molecule has 1 N–H and O–H groups in total. The third-order valence-electron chi connectivity index (χ3n) is 4.94. The molecule has 0 unspecified atom stereocenters. The van der Waals surface area contributed by atoms with Gasteiger partial charge in [-0.15, -0.1) is 0 Å². The molecule has 1 saturated heterocycles. The second-order valence-electron chi connectivity index (χ2n) is 6.58. The molecule has 1 aliphatic heterocycles. The molecule has 1 aliphatic rings. The molecule has 2 heterocycles. The van der Waals surface area contributed by atoms with Gasteiger partial charge in [-0.3, -0.25) is 4.90 Å². The Morgan fingerprint density at radius 1 is 1.14 bits per heavy atom. The van der Waals surface area contributed by atoms with E-state index in [9.17, 15) is 8.42 Å². The monoisotopic (exact) mass is 409 g/mol. The molecule has 1 fully saturated rings. The summed E-state index contributed by atoms with van der Waals surface area (Å²) in [7, 11) is 1.24. The highest BCUT2D eigenvalue weighted by atomic mass is 32.2. The van der Waals surface area contributed by atoms with Crippen molar-refractivity contribution in [2.24, 2.45) is 7.05 Å². The van der Waals surface area contributed by atoms with Gasteiger partial charge in [-0.2, -0.15) is 0 Å². The van der Waals surface area contributed by atoms with E-state index in [2.05, 4.69) is 9.62 Å². The fourth-order valence-corrected chi connectivity index (χ4v) is 4.44. The predicted molar refractivity (Wildman–Crippen MR) is 105 cm³/mol. The molecule has 154 valence electrons. The average molecular weight is 410 g/mol. The molecule has 1 atom stereocenters. The normalized spacial score (nSPS) is 16.7. The third-order valence-corrected chi connectivity index (χ3v) is 6.37. The lowest BCUT2D eigenvalue weighted by Gasteiger charge is -2.34. The molecular formula is C19H27N3O5S. The minimum atomic E-state index is -3.71. The molecule has 0 bridgehead atoms. The van der Waals surface area contributed by atoms with Crippen LogP contribution >= 0.6 is 0 Å². The van der Waals surface area contributed by atoms with Crippen LogP contribution in [0.4, 0.5) is 0 Å². The molecule has 1 aromatic carbocycles. The maximum atomic E-state index is 12.9. The summed E-state index contributed by atoms with van der Waals surface area (Å²) >= 11 is 0. The Balaban J connectivity index is 1.81. The number of morpholine rings is 1. The molecule has 0 radical (unpaired) electrons. The fraction of sp³-hybridized carbons (Fsp3) is 0.474. The molecule has 1 aromatic heterocycles. The van der Waals surface area contributed by atoms with Crippen molar-refractivity contribution in [2.75, 3.05) is 47.1 Å². The molecule has 28 heavy (non-hydrogen) atoms. The SMILES string of the molecule is COc1ccc(S(=O)(=O)NC[C@H](c2cccn2C)N2CCOCC2)cc1OC. The lowest BCUT2D eigenvalue weighted by atomic mass is 10.1.